The summed E-state index contributed by atoms with van der Waals surface area (Å²) in [6.07, 6.45) is 1.71. The van der Waals surface area contributed by atoms with Crippen LogP contribution in [0.25, 0.3) is 11.4 Å². The summed E-state index contributed by atoms with van der Waals surface area (Å²) in [4.78, 5) is 24.8. The number of amides is 1. The van der Waals surface area contributed by atoms with Crippen LogP contribution in [0.4, 0.5) is 11.6 Å². The second kappa shape index (κ2) is 7.24. The highest BCUT2D eigenvalue weighted by Crippen LogP contribution is 2.32. The third kappa shape index (κ3) is 3.36. The van der Waals surface area contributed by atoms with Crippen molar-refractivity contribution in [3.63, 3.8) is 0 Å². The molecule has 0 saturated heterocycles. The van der Waals surface area contributed by atoms with Gasteiger partial charge in [0.25, 0.3) is 5.91 Å². The first-order valence-corrected chi connectivity index (χ1v) is 9.49. The van der Waals surface area contributed by atoms with E-state index >= 15 is 0 Å². The highest BCUT2D eigenvalue weighted by Gasteiger charge is 2.29. The average Bonchev–Trinajstić information content (AvgIpc) is 3.22. The van der Waals surface area contributed by atoms with E-state index in [1.165, 1.54) is 0 Å². The molecule has 2 aromatic carbocycles. The van der Waals surface area contributed by atoms with Gasteiger partial charge in [0.1, 0.15) is 0 Å². The van der Waals surface area contributed by atoms with Gasteiger partial charge in [0.05, 0.1) is 17.0 Å². The maximum Gasteiger partial charge on any atom is 0.253 e. The summed E-state index contributed by atoms with van der Waals surface area (Å²) >= 11 is 0. The Bertz CT molecular complexity index is 1150. The highest BCUT2D eigenvalue weighted by atomic mass is 16.1. The minimum absolute atomic E-state index is 0.0635. The van der Waals surface area contributed by atoms with Gasteiger partial charge in [0, 0.05) is 30.0 Å². The van der Waals surface area contributed by atoms with Gasteiger partial charge in [0.2, 0.25) is 5.95 Å². The molecular formula is C23H19N5O. The molecule has 29 heavy (non-hydrogen) atoms. The Hall–Kier alpha value is -3.93. The number of H-pyrrole nitrogens is 1. The topological polar surface area (TPSA) is 82.7 Å². The molecule has 4 aromatic rings. The molecule has 3 heterocycles. The summed E-state index contributed by atoms with van der Waals surface area (Å²) in [6.45, 7) is 0.570. The van der Waals surface area contributed by atoms with Gasteiger partial charge in [-0.05, 0) is 29.8 Å². The summed E-state index contributed by atoms with van der Waals surface area (Å²) in [5.74, 6) is 0.526. The van der Waals surface area contributed by atoms with Crippen molar-refractivity contribution in [2.75, 3.05) is 11.9 Å². The molecule has 0 bridgehead atoms. The average molecular weight is 381 g/mol. The number of nitrogens with zero attached hydrogens (tertiary/aromatic N) is 2. The van der Waals surface area contributed by atoms with E-state index in [4.69, 9.17) is 0 Å². The summed E-state index contributed by atoms with van der Waals surface area (Å²) in [7, 11) is 0. The van der Waals surface area contributed by atoms with Gasteiger partial charge < -0.3 is 15.6 Å². The van der Waals surface area contributed by atoms with E-state index < -0.39 is 0 Å². The second-order valence-corrected chi connectivity index (χ2v) is 6.94. The zero-order chi connectivity index (χ0) is 19.6. The Morgan fingerprint density at radius 1 is 0.966 bits per heavy atom. The third-order valence-electron chi connectivity index (χ3n) is 5.07. The molecule has 0 spiro atoms. The largest absolute Gasteiger partial charge is 0.356 e. The van der Waals surface area contributed by atoms with Gasteiger partial charge in [-0.3, -0.25) is 4.79 Å². The summed E-state index contributed by atoms with van der Waals surface area (Å²) in [5.41, 5.74) is 5.19. The number of hydrogen-bond donors (Lipinski definition) is 3. The van der Waals surface area contributed by atoms with Crippen LogP contribution in [-0.4, -0.2) is 27.4 Å². The molecule has 6 heteroatoms. The van der Waals surface area contributed by atoms with Crippen LogP contribution in [0.2, 0.25) is 0 Å². The van der Waals surface area contributed by atoms with E-state index in [0.717, 1.165) is 28.3 Å². The minimum Gasteiger partial charge on any atom is -0.356 e. The number of aromatic amines is 1. The zero-order valence-corrected chi connectivity index (χ0v) is 15.6. The predicted octanol–water partition coefficient (Wildman–Crippen LogP) is 4.09. The number of carbonyl (C=O) groups is 1. The third-order valence-corrected chi connectivity index (χ3v) is 5.07. The summed E-state index contributed by atoms with van der Waals surface area (Å²) < 4.78 is 0. The van der Waals surface area contributed by atoms with Gasteiger partial charge in [-0.25, -0.2) is 9.97 Å². The Morgan fingerprint density at radius 2 is 1.72 bits per heavy atom. The number of para-hydroxylation sites is 1. The van der Waals surface area contributed by atoms with Crippen molar-refractivity contribution in [3.05, 3.63) is 95.8 Å². The maximum atomic E-state index is 12.4. The first-order chi connectivity index (χ1) is 14.3. The fourth-order valence-electron chi connectivity index (χ4n) is 3.65. The Morgan fingerprint density at radius 3 is 2.52 bits per heavy atom. The van der Waals surface area contributed by atoms with Crippen LogP contribution < -0.4 is 10.6 Å². The Balaban J connectivity index is 1.50. The lowest BCUT2D eigenvalue weighted by molar-refractivity contribution is 0.0942. The van der Waals surface area contributed by atoms with Gasteiger partial charge in [-0.15, -0.1) is 0 Å². The smallest absolute Gasteiger partial charge is 0.253 e. The van der Waals surface area contributed by atoms with Crippen LogP contribution in [0.1, 0.15) is 27.5 Å². The predicted molar refractivity (Wildman–Crippen MR) is 112 cm³/mol. The van der Waals surface area contributed by atoms with Crippen LogP contribution in [0.5, 0.6) is 0 Å². The first-order valence-electron chi connectivity index (χ1n) is 9.49. The van der Waals surface area contributed by atoms with Crippen molar-refractivity contribution in [1.29, 1.82) is 0 Å². The van der Waals surface area contributed by atoms with Crippen molar-refractivity contribution in [2.45, 2.75) is 5.92 Å². The molecule has 1 aliphatic heterocycles. The Kier molecular flexibility index (Phi) is 4.29. The van der Waals surface area contributed by atoms with Crippen molar-refractivity contribution in [3.8, 4) is 11.4 Å². The summed E-state index contributed by atoms with van der Waals surface area (Å²) in [5, 5.41) is 6.20. The van der Waals surface area contributed by atoms with Crippen molar-refractivity contribution in [2.24, 2.45) is 0 Å². The van der Waals surface area contributed by atoms with E-state index in [1.807, 2.05) is 60.7 Å². The fourth-order valence-corrected chi connectivity index (χ4v) is 3.65. The molecule has 1 unspecified atom stereocenters. The monoisotopic (exact) mass is 381 g/mol. The Labute approximate surface area is 168 Å². The number of carbonyl (C=O) groups excluding carboxylic acids is 1. The van der Waals surface area contributed by atoms with E-state index in [1.54, 1.807) is 6.20 Å². The highest BCUT2D eigenvalue weighted by molar-refractivity contribution is 5.98. The molecule has 1 amide bonds. The van der Waals surface area contributed by atoms with Crippen LogP contribution in [0, 0.1) is 0 Å². The molecule has 0 saturated carbocycles. The van der Waals surface area contributed by atoms with Crippen LogP contribution >= 0.6 is 0 Å². The number of aromatic nitrogens is 3. The van der Waals surface area contributed by atoms with Gasteiger partial charge in [-0.1, -0.05) is 48.5 Å². The molecule has 0 aliphatic carbocycles. The molecule has 1 aliphatic rings. The second-order valence-electron chi connectivity index (χ2n) is 6.94. The van der Waals surface area contributed by atoms with E-state index in [0.29, 0.717) is 18.1 Å². The lowest BCUT2D eigenvalue weighted by Crippen LogP contribution is -2.35. The lowest BCUT2D eigenvalue weighted by Gasteiger charge is -2.23. The number of benzene rings is 2. The number of rotatable bonds is 4. The standard InChI is InChI=1S/C23H19N5O/c29-22-17-13-20(27-21(17)18(14-25-22)15-7-3-1-4-8-15)19-11-12-24-23(28-19)26-16-9-5-2-6-10-16/h1-13,18,27H,14H2,(H,25,29)(H,24,26,28). The number of hydrogen-bond acceptors (Lipinski definition) is 4. The molecule has 3 N–H and O–H groups in total. The van der Waals surface area contributed by atoms with E-state index in [-0.39, 0.29) is 11.8 Å². The van der Waals surface area contributed by atoms with E-state index in [2.05, 4.69) is 37.7 Å². The SMILES string of the molecule is O=C1NCC(c2ccccc2)c2[nH]c(-c3ccnc(Nc4ccccc4)n3)cc21. The van der Waals surface area contributed by atoms with Crippen LogP contribution in [0.3, 0.4) is 0 Å². The van der Waals surface area contributed by atoms with Crippen molar-refractivity contribution < 1.29 is 4.79 Å². The first kappa shape index (κ1) is 17.2. The van der Waals surface area contributed by atoms with Gasteiger partial charge in [0.15, 0.2) is 0 Å². The number of nitrogens with one attached hydrogen (secondary N) is 3. The van der Waals surface area contributed by atoms with E-state index in [9.17, 15) is 4.79 Å². The lowest BCUT2D eigenvalue weighted by atomic mass is 9.90. The number of fused-ring (bicyclic) bond motifs is 1. The quantitative estimate of drug-likeness (QED) is 0.497. The molecule has 0 radical (unpaired) electrons. The van der Waals surface area contributed by atoms with Crippen molar-refractivity contribution >= 4 is 17.5 Å². The summed E-state index contributed by atoms with van der Waals surface area (Å²) in [6, 6.07) is 23.7. The zero-order valence-electron chi connectivity index (χ0n) is 15.6. The van der Waals surface area contributed by atoms with Crippen molar-refractivity contribution in [1.82, 2.24) is 20.3 Å². The van der Waals surface area contributed by atoms with Crippen LogP contribution in [-0.2, 0) is 0 Å². The van der Waals surface area contributed by atoms with Gasteiger partial charge >= 0.3 is 0 Å². The van der Waals surface area contributed by atoms with Gasteiger partial charge in [-0.2, -0.15) is 0 Å². The van der Waals surface area contributed by atoms with Crippen LogP contribution in [0.15, 0.2) is 79.0 Å². The molecular weight excluding hydrogens is 362 g/mol. The normalized spacial score (nSPS) is 15.4. The maximum absolute atomic E-state index is 12.4. The molecule has 0 fully saturated rings. The molecule has 5 rings (SSSR count). The molecule has 2 aromatic heterocycles. The molecule has 1 atom stereocenters. The number of anilines is 2. The molecule has 6 nitrogen and oxygen atoms in total. The molecule has 142 valence electrons. The minimum atomic E-state index is -0.0635. The fraction of sp³-hybridized carbons (Fsp3) is 0.0870.